The minimum Gasteiger partial charge on any atom is -0.397 e. The summed E-state index contributed by atoms with van der Waals surface area (Å²) in [4.78, 5) is 0. The van der Waals surface area contributed by atoms with Gasteiger partial charge >= 0.3 is 9.28 Å². The van der Waals surface area contributed by atoms with Gasteiger partial charge in [-0.25, -0.2) is 4.39 Å². The molecule has 0 aliphatic rings. The second-order valence-electron chi connectivity index (χ2n) is 4.34. The standard InChI is InChI=1S/C14H23FO2Si/c1-3-9-16-18(17-10-4-2)11-8-13-6-5-7-14(15)12-13/h5-7,12,18H,3-4,8-11H2,1-2H3. The van der Waals surface area contributed by atoms with Gasteiger partial charge in [-0.3, -0.25) is 0 Å². The summed E-state index contributed by atoms with van der Waals surface area (Å²) in [6.45, 7) is 5.73. The van der Waals surface area contributed by atoms with Crippen molar-refractivity contribution < 1.29 is 13.2 Å². The Hall–Kier alpha value is -0.713. The van der Waals surface area contributed by atoms with E-state index in [4.69, 9.17) is 8.85 Å². The average Bonchev–Trinajstić information content (AvgIpc) is 2.38. The summed E-state index contributed by atoms with van der Waals surface area (Å²) in [6.07, 6.45) is 2.86. The molecule has 102 valence electrons. The van der Waals surface area contributed by atoms with E-state index in [9.17, 15) is 4.39 Å². The van der Waals surface area contributed by atoms with Crippen LogP contribution in [0.25, 0.3) is 0 Å². The molecule has 0 radical (unpaired) electrons. The fourth-order valence-corrected chi connectivity index (χ4v) is 3.69. The molecule has 1 rings (SSSR count). The van der Waals surface area contributed by atoms with Gasteiger partial charge in [0.1, 0.15) is 5.82 Å². The van der Waals surface area contributed by atoms with Crippen LogP contribution in [0.5, 0.6) is 0 Å². The third-order valence-electron chi connectivity index (χ3n) is 2.57. The smallest absolute Gasteiger partial charge is 0.321 e. The molecule has 0 unspecified atom stereocenters. The van der Waals surface area contributed by atoms with Gasteiger partial charge in [-0.2, -0.15) is 0 Å². The lowest BCUT2D eigenvalue weighted by atomic mass is 10.2. The van der Waals surface area contributed by atoms with E-state index in [0.29, 0.717) is 0 Å². The zero-order valence-electron chi connectivity index (χ0n) is 11.3. The summed E-state index contributed by atoms with van der Waals surface area (Å²) in [5, 5.41) is 0. The number of hydrogen-bond donors (Lipinski definition) is 0. The molecule has 0 saturated carbocycles. The molecule has 0 aliphatic heterocycles. The maximum absolute atomic E-state index is 13.0. The van der Waals surface area contributed by atoms with Gasteiger partial charge in [0.25, 0.3) is 0 Å². The largest absolute Gasteiger partial charge is 0.397 e. The highest BCUT2D eigenvalue weighted by Gasteiger charge is 2.13. The highest BCUT2D eigenvalue weighted by Crippen LogP contribution is 2.10. The second kappa shape index (κ2) is 9.25. The van der Waals surface area contributed by atoms with E-state index in [1.807, 2.05) is 6.07 Å². The lowest BCUT2D eigenvalue weighted by Gasteiger charge is -2.16. The third-order valence-corrected chi connectivity index (χ3v) is 4.55. The molecule has 0 spiro atoms. The van der Waals surface area contributed by atoms with Crippen molar-refractivity contribution in [2.45, 2.75) is 39.2 Å². The van der Waals surface area contributed by atoms with Crippen molar-refractivity contribution in [1.29, 1.82) is 0 Å². The average molecular weight is 270 g/mol. The molecule has 18 heavy (non-hydrogen) atoms. The van der Waals surface area contributed by atoms with E-state index < -0.39 is 9.28 Å². The van der Waals surface area contributed by atoms with E-state index in [2.05, 4.69) is 13.8 Å². The van der Waals surface area contributed by atoms with Crippen LogP contribution >= 0.6 is 0 Å². The molecule has 0 aliphatic carbocycles. The lowest BCUT2D eigenvalue weighted by molar-refractivity contribution is 0.196. The summed E-state index contributed by atoms with van der Waals surface area (Å²) in [5.74, 6) is -0.172. The highest BCUT2D eigenvalue weighted by atomic mass is 28.3. The zero-order chi connectivity index (χ0) is 13.2. The van der Waals surface area contributed by atoms with Gasteiger partial charge in [-0.15, -0.1) is 0 Å². The van der Waals surface area contributed by atoms with Crippen LogP contribution in [0.3, 0.4) is 0 Å². The van der Waals surface area contributed by atoms with Gasteiger partial charge in [-0.1, -0.05) is 26.0 Å². The van der Waals surface area contributed by atoms with Crippen molar-refractivity contribution in [3.8, 4) is 0 Å². The van der Waals surface area contributed by atoms with Crippen molar-refractivity contribution in [1.82, 2.24) is 0 Å². The maximum atomic E-state index is 13.0. The predicted molar refractivity (Wildman–Crippen MR) is 74.5 cm³/mol. The first kappa shape index (κ1) is 15.3. The molecule has 4 heteroatoms. The van der Waals surface area contributed by atoms with E-state index in [0.717, 1.165) is 44.1 Å². The molecule has 0 N–H and O–H groups in total. The molecule has 0 aromatic heterocycles. The quantitative estimate of drug-likeness (QED) is 0.640. The fraction of sp³-hybridized carbons (Fsp3) is 0.571. The van der Waals surface area contributed by atoms with Gasteiger partial charge < -0.3 is 8.85 Å². The van der Waals surface area contributed by atoms with E-state index in [1.54, 1.807) is 12.1 Å². The van der Waals surface area contributed by atoms with Crippen LogP contribution in [0.2, 0.25) is 6.04 Å². The lowest BCUT2D eigenvalue weighted by Crippen LogP contribution is -2.24. The number of halogens is 1. The van der Waals surface area contributed by atoms with Crippen LogP contribution in [-0.2, 0) is 15.3 Å². The highest BCUT2D eigenvalue weighted by molar-refractivity contribution is 6.44. The van der Waals surface area contributed by atoms with Crippen molar-refractivity contribution in [2.24, 2.45) is 0 Å². The van der Waals surface area contributed by atoms with Gasteiger partial charge in [0.2, 0.25) is 0 Å². The fourth-order valence-electron chi connectivity index (χ4n) is 1.69. The Bertz CT molecular complexity index is 325. The van der Waals surface area contributed by atoms with Crippen LogP contribution in [0.4, 0.5) is 4.39 Å². The Morgan fingerprint density at radius 1 is 1.11 bits per heavy atom. The molecule has 1 aromatic rings. The number of benzene rings is 1. The molecule has 2 nitrogen and oxygen atoms in total. The Labute approximate surface area is 111 Å². The van der Waals surface area contributed by atoms with Crippen molar-refractivity contribution in [3.63, 3.8) is 0 Å². The summed E-state index contributed by atoms with van der Waals surface area (Å²) in [6, 6.07) is 7.67. The summed E-state index contributed by atoms with van der Waals surface area (Å²) < 4.78 is 24.6. The summed E-state index contributed by atoms with van der Waals surface area (Å²) >= 11 is 0. The summed E-state index contributed by atoms with van der Waals surface area (Å²) in [5.41, 5.74) is 1.02. The van der Waals surface area contributed by atoms with Crippen LogP contribution in [0, 0.1) is 5.82 Å². The van der Waals surface area contributed by atoms with Crippen molar-refractivity contribution in [2.75, 3.05) is 13.2 Å². The van der Waals surface area contributed by atoms with Gasteiger partial charge in [0, 0.05) is 13.2 Å². The first-order valence-electron chi connectivity index (χ1n) is 6.74. The van der Waals surface area contributed by atoms with E-state index in [-0.39, 0.29) is 5.82 Å². The monoisotopic (exact) mass is 270 g/mol. The minimum absolute atomic E-state index is 0.172. The Morgan fingerprint density at radius 3 is 2.33 bits per heavy atom. The second-order valence-corrected chi connectivity index (χ2v) is 6.44. The van der Waals surface area contributed by atoms with Crippen LogP contribution in [0.15, 0.2) is 24.3 Å². The number of hydrogen-bond acceptors (Lipinski definition) is 2. The molecule has 1 aromatic carbocycles. The Morgan fingerprint density at radius 2 is 1.78 bits per heavy atom. The SMILES string of the molecule is CCCO[SiH](CCc1cccc(F)c1)OCCC. The first-order valence-corrected chi connectivity index (χ1v) is 8.49. The first-order chi connectivity index (χ1) is 8.76. The molecule has 0 atom stereocenters. The van der Waals surface area contributed by atoms with E-state index >= 15 is 0 Å². The van der Waals surface area contributed by atoms with E-state index in [1.165, 1.54) is 6.07 Å². The maximum Gasteiger partial charge on any atom is 0.321 e. The molecule has 0 amide bonds. The molecule has 0 heterocycles. The molecule has 0 saturated heterocycles. The van der Waals surface area contributed by atoms with Crippen molar-refractivity contribution >= 4 is 9.28 Å². The molecule has 0 bridgehead atoms. The molecule has 0 fully saturated rings. The summed E-state index contributed by atoms with van der Waals surface area (Å²) in [7, 11) is -1.58. The van der Waals surface area contributed by atoms with Crippen LogP contribution in [0.1, 0.15) is 32.3 Å². The third kappa shape index (κ3) is 6.28. The van der Waals surface area contributed by atoms with Crippen LogP contribution < -0.4 is 0 Å². The van der Waals surface area contributed by atoms with Gasteiger partial charge in [-0.05, 0) is 43.0 Å². The predicted octanol–water partition coefficient (Wildman–Crippen LogP) is 3.44. The van der Waals surface area contributed by atoms with Crippen molar-refractivity contribution in [3.05, 3.63) is 35.6 Å². The Balaban J connectivity index is 2.39. The zero-order valence-corrected chi connectivity index (χ0v) is 12.5. The number of rotatable bonds is 9. The van der Waals surface area contributed by atoms with Crippen LogP contribution in [-0.4, -0.2) is 22.5 Å². The number of aryl methyl sites for hydroxylation is 1. The minimum atomic E-state index is -1.58. The Kier molecular flexibility index (Phi) is 7.88. The van der Waals surface area contributed by atoms with Gasteiger partial charge in [0.05, 0.1) is 0 Å². The normalized spacial score (nSPS) is 11.1. The van der Waals surface area contributed by atoms with Gasteiger partial charge in [0.15, 0.2) is 0 Å². The molecular weight excluding hydrogens is 247 g/mol. The molecular formula is C14H23FO2Si. The topological polar surface area (TPSA) is 18.5 Å².